The maximum atomic E-state index is 13.5. The van der Waals surface area contributed by atoms with Gasteiger partial charge in [-0.1, -0.05) is 30.3 Å². The third-order valence-corrected chi connectivity index (χ3v) is 5.86. The van der Waals surface area contributed by atoms with Gasteiger partial charge in [0.15, 0.2) is 0 Å². The Morgan fingerprint density at radius 3 is 2.42 bits per heavy atom. The van der Waals surface area contributed by atoms with Crippen LogP contribution in [0.4, 0.5) is 5.69 Å². The maximum absolute atomic E-state index is 13.5. The minimum Gasteiger partial charge on any atom is -0.497 e. The molecule has 2 heterocycles. The number of anilines is 1. The highest BCUT2D eigenvalue weighted by atomic mass is 16.5. The molecule has 0 fully saturated rings. The predicted molar refractivity (Wildman–Crippen MR) is 120 cm³/mol. The fourth-order valence-electron chi connectivity index (χ4n) is 4.27. The first kappa shape index (κ1) is 19.1. The zero-order valence-corrected chi connectivity index (χ0v) is 17.3. The highest BCUT2D eigenvalue weighted by molar-refractivity contribution is 6.04. The Balaban J connectivity index is 1.69. The van der Waals surface area contributed by atoms with E-state index in [-0.39, 0.29) is 11.5 Å². The van der Waals surface area contributed by atoms with Gasteiger partial charge in [-0.25, -0.2) is 4.98 Å². The number of carbonyl (C=O) groups excluding carboxylic acids is 1. The fraction of sp³-hybridized carbons (Fsp3) is 0.160. The Labute approximate surface area is 179 Å². The summed E-state index contributed by atoms with van der Waals surface area (Å²) in [6.07, 6.45) is 0.326. The molecule has 0 saturated heterocycles. The number of nitrogens with zero attached hydrogens (tertiary/aromatic N) is 3. The molecule has 0 bridgehead atoms. The van der Waals surface area contributed by atoms with E-state index in [1.807, 2.05) is 66.7 Å². The minimum absolute atomic E-state index is 0.00453. The molecule has 4 aromatic rings. The van der Waals surface area contributed by atoms with Crippen LogP contribution >= 0.6 is 0 Å². The van der Waals surface area contributed by atoms with Crippen molar-refractivity contribution in [2.45, 2.75) is 12.3 Å². The first-order valence-corrected chi connectivity index (χ1v) is 10.1. The highest BCUT2D eigenvalue weighted by Crippen LogP contribution is 2.38. The van der Waals surface area contributed by atoms with Gasteiger partial charge in [-0.15, -0.1) is 0 Å². The Bertz CT molecular complexity index is 1360. The van der Waals surface area contributed by atoms with Gasteiger partial charge >= 0.3 is 0 Å². The molecule has 3 aromatic carbocycles. The summed E-state index contributed by atoms with van der Waals surface area (Å²) in [6, 6.07) is 22.3. The van der Waals surface area contributed by atoms with Gasteiger partial charge in [0.1, 0.15) is 11.6 Å². The second kappa shape index (κ2) is 7.40. The number of amides is 1. The quantitative estimate of drug-likeness (QED) is 0.514. The lowest BCUT2D eigenvalue weighted by atomic mass is 9.96. The van der Waals surface area contributed by atoms with E-state index in [1.165, 1.54) is 0 Å². The number of hydrogen-bond donors (Lipinski definition) is 0. The fourth-order valence-corrected chi connectivity index (χ4v) is 4.27. The SMILES string of the molecule is COc1ccc(-n2c(CC3C(=O)N(C)c4ccccc43)nc3ccccc3c2=O)cc1. The van der Waals surface area contributed by atoms with E-state index in [1.54, 1.807) is 29.7 Å². The van der Waals surface area contributed by atoms with Crippen molar-refractivity contribution in [1.82, 2.24) is 9.55 Å². The lowest BCUT2D eigenvalue weighted by molar-refractivity contribution is -0.119. The number of ether oxygens (including phenoxy) is 1. The molecule has 1 aliphatic rings. The van der Waals surface area contributed by atoms with Crippen molar-refractivity contribution in [3.05, 3.63) is 94.5 Å². The predicted octanol–water partition coefficient (Wildman–Crippen LogP) is 3.70. The van der Waals surface area contributed by atoms with Gasteiger partial charge < -0.3 is 9.64 Å². The van der Waals surface area contributed by atoms with E-state index < -0.39 is 5.92 Å². The molecule has 1 atom stereocenters. The summed E-state index contributed by atoms with van der Waals surface area (Å²) in [4.78, 5) is 33.0. The number of rotatable bonds is 4. The maximum Gasteiger partial charge on any atom is 0.265 e. The smallest absolute Gasteiger partial charge is 0.265 e. The van der Waals surface area contributed by atoms with Crippen molar-refractivity contribution in [3.8, 4) is 11.4 Å². The number of para-hydroxylation sites is 2. The molecule has 6 heteroatoms. The lowest BCUT2D eigenvalue weighted by Gasteiger charge is -2.17. The number of likely N-dealkylation sites (N-methyl/N-ethyl adjacent to an activating group) is 1. The van der Waals surface area contributed by atoms with Crippen LogP contribution in [-0.4, -0.2) is 29.6 Å². The number of benzene rings is 3. The number of carbonyl (C=O) groups is 1. The summed E-state index contributed by atoms with van der Waals surface area (Å²) in [6.45, 7) is 0. The normalized spacial score (nSPS) is 15.4. The summed E-state index contributed by atoms with van der Waals surface area (Å²) >= 11 is 0. The highest BCUT2D eigenvalue weighted by Gasteiger charge is 2.36. The average Bonchev–Trinajstić information content (AvgIpc) is 3.04. The molecule has 1 aliphatic heterocycles. The molecular formula is C25H21N3O3. The summed E-state index contributed by atoms with van der Waals surface area (Å²) in [5.41, 5.74) is 3.01. The summed E-state index contributed by atoms with van der Waals surface area (Å²) in [5.74, 6) is 0.870. The van der Waals surface area contributed by atoms with Crippen LogP contribution in [0.5, 0.6) is 5.75 Å². The van der Waals surface area contributed by atoms with Crippen molar-refractivity contribution in [2.24, 2.45) is 0 Å². The van der Waals surface area contributed by atoms with Crippen molar-refractivity contribution in [3.63, 3.8) is 0 Å². The van der Waals surface area contributed by atoms with E-state index in [0.717, 1.165) is 11.3 Å². The van der Waals surface area contributed by atoms with Gasteiger partial charge in [0.05, 0.1) is 29.6 Å². The van der Waals surface area contributed by atoms with Crippen LogP contribution < -0.4 is 15.2 Å². The zero-order valence-electron chi connectivity index (χ0n) is 17.3. The topological polar surface area (TPSA) is 64.4 Å². The van der Waals surface area contributed by atoms with Gasteiger partial charge in [0, 0.05) is 19.2 Å². The van der Waals surface area contributed by atoms with Crippen LogP contribution in [0.2, 0.25) is 0 Å². The van der Waals surface area contributed by atoms with Crippen molar-refractivity contribution >= 4 is 22.5 Å². The van der Waals surface area contributed by atoms with E-state index in [9.17, 15) is 9.59 Å². The van der Waals surface area contributed by atoms with Crippen molar-refractivity contribution in [1.29, 1.82) is 0 Å². The third kappa shape index (κ3) is 3.08. The second-order valence-corrected chi connectivity index (χ2v) is 7.60. The van der Waals surface area contributed by atoms with Gasteiger partial charge in [0.25, 0.3) is 5.56 Å². The molecular weight excluding hydrogens is 390 g/mol. The van der Waals surface area contributed by atoms with Crippen LogP contribution in [0.3, 0.4) is 0 Å². The summed E-state index contributed by atoms with van der Waals surface area (Å²) in [7, 11) is 3.38. The first-order valence-electron chi connectivity index (χ1n) is 10.1. The lowest BCUT2D eigenvalue weighted by Crippen LogP contribution is -2.29. The molecule has 1 aromatic heterocycles. The molecule has 0 radical (unpaired) electrons. The Morgan fingerprint density at radius 2 is 1.65 bits per heavy atom. The third-order valence-electron chi connectivity index (χ3n) is 5.86. The van der Waals surface area contributed by atoms with Gasteiger partial charge in [-0.05, 0) is 48.0 Å². The summed E-state index contributed by atoms with van der Waals surface area (Å²) < 4.78 is 6.86. The molecule has 5 rings (SSSR count). The van der Waals surface area contributed by atoms with Crippen molar-refractivity contribution < 1.29 is 9.53 Å². The standard InChI is InChI=1S/C25H21N3O3/c1-27-22-10-6-4-7-18(22)20(24(27)29)15-23-26-21-9-5-3-8-19(21)25(30)28(23)16-11-13-17(31-2)14-12-16/h3-14,20H,15H2,1-2H3. The Hall–Kier alpha value is -3.93. The van der Waals surface area contributed by atoms with Crippen LogP contribution in [0.1, 0.15) is 17.3 Å². The molecule has 154 valence electrons. The molecule has 0 N–H and O–H groups in total. The zero-order chi connectivity index (χ0) is 21.5. The van der Waals surface area contributed by atoms with E-state index >= 15 is 0 Å². The second-order valence-electron chi connectivity index (χ2n) is 7.60. The molecule has 0 spiro atoms. The van der Waals surface area contributed by atoms with Gasteiger partial charge in [-0.3, -0.25) is 14.2 Å². The molecule has 1 unspecified atom stereocenters. The monoisotopic (exact) mass is 411 g/mol. The van der Waals surface area contributed by atoms with Crippen LogP contribution in [0.15, 0.2) is 77.6 Å². The van der Waals surface area contributed by atoms with E-state index in [4.69, 9.17) is 9.72 Å². The average molecular weight is 411 g/mol. The van der Waals surface area contributed by atoms with E-state index in [2.05, 4.69) is 0 Å². The van der Waals surface area contributed by atoms with Crippen LogP contribution in [0, 0.1) is 0 Å². The van der Waals surface area contributed by atoms with Gasteiger partial charge in [0.2, 0.25) is 5.91 Å². The largest absolute Gasteiger partial charge is 0.497 e. The number of aromatic nitrogens is 2. The molecule has 6 nitrogen and oxygen atoms in total. The first-order chi connectivity index (χ1) is 15.1. The van der Waals surface area contributed by atoms with Crippen LogP contribution in [0.25, 0.3) is 16.6 Å². The van der Waals surface area contributed by atoms with Crippen LogP contribution in [-0.2, 0) is 11.2 Å². The molecule has 1 amide bonds. The molecule has 31 heavy (non-hydrogen) atoms. The number of methoxy groups -OCH3 is 1. The van der Waals surface area contributed by atoms with E-state index in [0.29, 0.717) is 34.6 Å². The Morgan fingerprint density at radius 1 is 0.935 bits per heavy atom. The molecule has 0 aliphatic carbocycles. The van der Waals surface area contributed by atoms with Gasteiger partial charge in [-0.2, -0.15) is 0 Å². The molecule has 0 saturated carbocycles. The minimum atomic E-state index is -0.390. The number of fused-ring (bicyclic) bond motifs is 2. The number of hydrogen-bond acceptors (Lipinski definition) is 4. The summed E-state index contributed by atoms with van der Waals surface area (Å²) in [5, 5.41) is 0.539. The van der Waals surface area contributed by atoms with Crippen molar-refractivity contribution in [2.75, 3.05) is 19.1 Å². The Kier molecular flexibility index (Phi) is 4.55.